The molecule has 1 aliphatic rings. The van der Waals surface area contributed by atoms with Crippen LogP contribution in [0.4, 0.5) is 0 Å². The summed E-state index contributed by atoms with van der Waals surface area (Å²) < 4.78 is 19.4. The molecule has 0 atom stereocenters. The fraction of sp³-hybridized carbons (Fsp3) is 0.615. The van der Waals surface area contributed by atoms with Crippen LogP contribution in [0.5, 0.6) is 0 Å². The molecule has 1 aromatic heterocycles. The van der Waals surface area contributed by atoms with Gasteiger partial charge in [-0.15, -0.1) is 0 Å². The minimum absolute atomic E-state index is 0.0656. The number of halogens is 1. The lowest BCUT2D eigenvalue weighted by molar-refractivity contribution is -0.149. The normalized spacial score (nSPS) is 18.4. The van der Waals surface area contributed by atoms with E-state index in [1.807, 2.05) is 18.2 Å². The number of hydrogen-bond acceptors (Lipinski definition) is 5. The number of carbonyl (C=O) groups excluding carboxylic acids is 1. The second-order valence-electron chi connectivity index (χ2n) is 8.88. The molecule has 0 aliphatic heterocycles. The Morgan fingerprint density at radius 3 is 2.55 bits per heavy atom. The topological polar surface area (TPSA) is 62.6 Å². The Bertz CT molecular complexity index is 847. The predicted molar refractivity (Wildman–Crippen MR) is 133 cm³/mol. The zero-order valence-corrected chi connectivity index (χ0v) is 21.5. The Balaban J connectivity index is 1.51. The van der Waals surface area contributed by atoms with E-state index in [2.05, 4.69) is 39.7 Å². The summed E-state index contributed by atoms with van der Waals surface area (Å²) in [6.45, 7) is 4.86. The average Bonchev–Trinajstić information content (AvgIpc) is 3.14. The van der Waals surface area contributed by atoms with E-state index in [1.54, 1.807) is 7.11 Å². The van der Waals surface area contributed by atoms with E-state index in [1.165, 1.54) is 5.69 Å². The number of aromatic nitrogens is 2. The lowest BCUT2D eigenvalue weighted by Gasteiger charge is -2.28. The number of carbonyl (C=O) groups is 1. The number of esters is 1. The van der Waals surface area contributed by atoms with Crippen molar-refractivity contribution >= 4 is 21.9 Å². The van der Waals surface area contributed by atoms with Crippen molar-refractivity contribution in [1.82, 2.24) is 9.78 Å². The molecule has 0 unspecified atom stereocenters. The molecule has 33 heavy (non-hydrogen) atoms. The zero-order valence-electron chi connectivity index (χ0n) is 19.9. The van der Waals surface area contributed by atoms with Gasteiger partial charge in [0, 0.05) is 25.6 Å². The second-order valence-corrected chi connectivity index (χ2v) is 9.67. The SMILES string of the molecule is CCCCOC(=O)COCC1CCC(Cn2nc(-c3ccccc3)c(Br)c2CCOC)CC1. The molecule has 1 aromatic carbocycles. The molecule has 0 N–H and O–H groups in total. The van der Waals surface area contributed by atoms with Gasteiger partial charge in [-0.25, -0.2) is 4.79 Å². The molecule has 0 radical (unpaired) electrons. The molecule has 0 bridgehead atoms. The minimum atomic E-state index is -0.251. The second kappa shape index (κ2) is 13.9. The number of methoxy groups -OCH3 is 1. The lowest BCUT2D eigenvalue weighted by Crippen LogP contribution is -2.24. The highest BCUT2D eigenvalue weighted by Crippen LogP contribution is 2.34. The van der Waals surface area contributed by atoms with E-state index in [0.29, 0.717) is 31.7 Å². The third-order valence-electron chi connectivity index (χ3n) is 6.32. The Morgan fingerprint density at radius 2 is 1.85 bits per heavy atom. The Kier molecular flexibility index (Phi) is 10.9. The van der Waals surface area contributed by atoms with Crippen LogP contribution < -0.4 is 0 Å². The number of nitrogens with zero attached hydrogens (tertiary/aromatic N) is 2. The lowest BCUT2D eigenvalue weighted by atomic mass is 9.82. The highest BCUT2D eigenvalue weighted by molar-refractivity contribution is 9.10. The monoisotopic (exact) mass is 520 g/mol. The van der Waals surface area contributed by atoms with Crippen molar-refractivity contribution in [3.63, 3.8) is 0 Å². The maximum Gasteiger partial charge on any atom is 0.332 e. The van der Waals surface area contributed by atoms with Crippen molar-refractivity contribution in [2.24, 2.45) is 11.8 Å². The Morgan fingerprint density at radius 1 is 1.12 bits per heavy atom. The van der Waals surface area contributed by atoms with Crippen molar-refractivity contribution in [3.05, 3.63) is 40.5 Å². The number of rotatable bonds is 13. The highest BCUT2D eigenvalue weighted by Gasteiger charge is 2.25. The van der Waals surface area contributed by atoms with Crippen LogP contribution in [-0.4, -0.2) is 49.3 Å². The molecule has 7 heteroatoms. The first kappa shape index (κ1) is 25.9. The van der Waals surface area contributed by atoms with E-state index in [4.69, 9.17) is 19.3 Å². The number of hydrogen-bond donors (Lipinski definition) is 0. The van der Waals surface area contributed by atoms with Gasteiger partial charge in [-0.3, -0.25) is 4.68 Å². The molecule has 0 spiro atoms. The summed E-state index contributed by atoms with van der Waals surface area (Å²) in [5.74, 6) is 0.859. The Labute approximate surface area is 206 Å². The van der Waals surface area contributed by atoms with Gasteiger partial charge >= 0.3 is 5.97 Å². The van der Waals surface area contributed by atoms with Crippen LogP contribution in [0.15, 0.2) is 34.8 Å². The van der Waals surface area contributed by atoms with Gasteiger partial charge in [0.25, 0.3) is 0 Å². The van der Waals surface area contributed by atoms with Gasteiger partial charge in [0.1, 0.15) is 12.3 Å². The summed E-state index contributed by atoms with van der Waals surface area (Å²) in [5.41, 5.74) is 3.31. The van der Waals surface area contributed by atoms with Crippen LogP contribution in [0.1, 0.15) is 51.1 Å². The van der Waals surface area contributed by atoms with E-state index >= 15 is 0 Å². The maximum atomic E-state index is 11.7. The standard InChI is InChI=1S/C26H37BrN2O4/c1-3-4-15-33-24(30)19-32-18-21-12-10-20(11-13-21)17-29-23(14-16-31-2)25(27)26(28-29)22-8-6-5-7-9-22/h5-9,20-21H,3-4,10-19H2,1-2H3. The average molecular weight is 521 g/mol. The van der Waals surface area contributed by atoms with Crippen molar-refractivity contribution in [3.8, 4) is 11.3 Å². The first-order valence-electron chi connectivity index (χ1n) is 12.1. The first-order valence-corrected chi connectivity index (χ1v) is 12.9. The van der Waals surface area contributed by atoms with Crippen molar-refractivity contribution in [1.29, 1.82) is 0 Å². The zero-order chi connectivity index (χ0) is 23.5. The van der Waals surface area contributed by atoms with E-state index < -0.39 is 0 Å². The van der Waals surface area contributed by atoms with Crippen LogP contribution in [0, 0.1) is 11.8 Å². The van der Waals surface area contributed by atoms with Crippen molar-refractivity contribution in [2.75, 3.05) is 33.5 Å². The molecule has 3 rings (SSSR count). The van der Waals surface area contributed by atoms with Crippen LogP contribution in [0.25, 0.3) is 11.3 Å². The molecule has 1 aliphatic carbocycles. The molecular weight excluding hydrogens is 484 g/mol. The smallest absolute Gasteiger partial charge is 0.332 e. The van der Waals surface area contributed by atoms with Gasteiger partial charge in [0.15, 0.2) is 0 Å². The van der Waals surface area contributed by atoms with E-state index in [0.717, 1.165) is 67.2 Å². The van der Waals surface area contributed by atoms with Crippen molar-refractivity contribution in [2.45, 2.75) is 58.4 Å². The third kappa shape index (κ3) is 7.94. The van der Waals surface area contributed by atoms with Crippen LogP contribution >= 0.6 is 15.9 Å². The summed E-state index contributed by atoms with van der Waals surface area (Å²) in [6, 6.07) is 10.3. The molecule has 182 valence electrons. The summed E-state index contributed by atoms with van der Waals surface area (Å²) in [6.07, 6.45) is 7.30. The maximum absolute atomic E-state index is 11.7. The summed E-state index contributed by atoms with van der Waals surface area (Å²) in [7, 11) is 1.74. The molecule has 1 heterocycles. The highest BCUT2D eigenvalue weighted by atomic mass is 79.9. The predicted octanol–water partition coefficient (Wildman–Crippen LogP) is 5.67. The van der Waals surface area contributed by atoms with Crippen molar-refractivity contribution < 1.29 is 19.0 Å². The molecule has 1 saturated carbocycles. The summed E-state index contributed by atoms with van der Waals surface area (Å²) in [4.78, 5) is 11.7. The molecule has 6 nitrogen and oxygen atoms in total. The molecule has 0 saturated heterocycles. The van der Waals surface area contributed by atoms with Gasteiger partial charge in [-0.2, -0.15) is 5.10 Å². The molecule has 1 fully saturated rings. The van der Waals surface area contributed by atoms with Crippen LogP contribution in [-0.2, 0) is 32.0 Å². The molecule has 2 aromatic rings. The third-order valence-corrected chi connectivity index (χ3v) is 7.15. The quantitative estimate of drug-likeness (QED) is 0.251. The van der Waals surface area contributed by atoms with E-state index in [9.17, 15) is 4.79 Å². The van der Waals surface area contributed by atoms with Crippen LogP contribution in [0.3, 0.4) is 0 Å². The summed E-state index contributed by atoms with van der Waals surface area (Å²) >= 11 is 3.81. The summed E-state index contributed by atoms with van der Waals surface area (Å²) in [5, 5.41) is 4.98. The number of benzene rings is 1. The first-order chi connectivity index (χ1) is 16.1. The molecular formula is C26H37BrN2O4. The largest absolute Gasteiger partial charge is 0.464 e. The number of ether oxygens (including phenoxy) is 3. The van der Waals surface area contributed by atoms with Crippen LogP contribution in [0.2, 0.25) is 0 Å². The number of unbranched alkanes of at least 4 members (excludes halogenated alkanes) is 1. The molecule has 0 amide bonds. The van der Waals surface area contributed by atoms with Gasteiger partial charge in [0.05, 0.1) is 30.0 Å². The van der Waals surface area contributed by atoms with E-state index in [-0.39, 0.29) is 12.6 Å². The fourth-order valence-corrected chi connectivity index (χ4v) is 5.06. The van der Waals surface area contributed by atoms with Gasteiger partial charge in [0.2, 0.25) is 0 Å². The van der Waals surface area contributed by atoms with Gasteiger partial charge in [-0.1, -0.05) is 43.7 Å². The van der Waals surface area contributed by atoms with Gasteiger partial charge < -0.3 is 14.2 Å². The fourth-order valence-electron chi connectivity index (χ4n) is 4.35. The Hall–Kier alpha value is -1.70. The van der Waals surface area contributed by atoms with Gasteiger partial charge in [-0.05, 0) is 59.9 Å². The minimum Gasteiger partial charge on any atom is -0.464 e.